The second-order valence-electron chi connectivity index (χ2n) is 4.74. The van der Waals surface area contributed by atoms with Gasteiger partial charge in [0.25, 0.3) is 0 Å². The van der Waals surface area contributed by atoms with Crippen molar-refractivity contribution in [1.82, 2.24) is 5.32 Å². The molecule has 2 rings (SSSR count). The van der Waals surface area contributed by atoms with Gasteiger partial charge in [0, 0.05) is 5.02 Å². The lowest BCUT2D eigenvalue weighted by Crippen LogP contribution is -2.38. The molecule has 0 spiro atoms. The predicted molar refractivity (Wildman–Crippen MR) is 86.7 cm³/mol. The first-order valence-corrected chi connectivity index (χ1v) is 7.17. The van der Waals surface area contributed by atoms with Crippen LogP contribution >= 0.6 is 11.6 Å². The maximum absolute atomic E-state index is 11.9. The molecular weight excluding hydrogens is 304 g/mol. The number of benzene rings is 2. The molecule has 0 aliphatic rings. The number of aliphatic hydroxyl groups excluding tert-OH is 1. The predicted octanol–water partition coefficient (Wildman–Crippen LogP) is 3.63. The maximum Gasteiger partial charge on any atom is 0.319 e. The van der Waals surface area contributed by atoms with Gasteiger partial charge in [-0.2, -0.15) is 0 Å². The topological polar surface area (TPSA) is 70.6 Å². The number of nitrogens with one attached hydrogen (secondary N) is 2. The second kappa shape index (κ2) is 7.68. The summed E-state index contributed by atoms with van der Waals surface area (Å²) in [6, 6.07) is 13.4. The number of carbonyl (C=O) groups excluding carboxylic acids is 1. The summed E-state index contributed by atoms with van der Waals surface area (Å²) in [6.07, 6.45) is 0. The van der Waals surface area contributed by atoms with Crippen molar-refractivity contribution in [3.05, 3.63) is 53.6 Å². The smallest absolute Gasteiger partial charge is 0.319 e. The zero-order valence-electron chi connectivity index (χ0n) is 12.0. The average Bonchev–Trinajstić information content (AvgIpc) is 2.51. The average molecular weight is 321 g/mol. The molecule has 116 valence electrons. The van der Waals surface area contributed by atoms with Crippen molar-refractivity contribution in [2.75, 3.05) is 11.9 Å². The number of anilines is 1. The molecule has 0 fully saturated rings. The van der Waals surface area contributed by atoms with E-state index in [4.69, 9.17) is 21.4 Å². The van der Waals surface area contributed by atoms with E-state index in [0.717, 1.165) is 0 Å². The third-order valence-electron chi connectivity index (χ3n) is 2.81. The highest BCUT2D eigenvalue weighted by molar-refractivity contribution is 6.31. The van der Waals surface area contributed by atoms with Gasteiger partial charge in [-0.05, 0) is 37.3 Å². The fourth-order valence-electron chi connectivity index (χ4n) is 1.73. The summed E-state index contributed by atoms with van der Waals surface area (Å²) in [5.74, 6) is 1.12. The third-order valence-corrected chi connectivity index (χ3v) is 3.05. The van der Waals surface area contributed by atoms with E-state index < -0.39 is 6.03 Å². The number of aliphatic hydroxyl groups is 1. The fourth-order valence-corrected chi connectivity index (χ4v) is 1.90. The van der Waals surface area contributed by atoms with Crippen LogP contribution in [0.2, 0.25) is 5.02 Å². The van der Waals surface area contributed by atoms with Crippen molar-refractivity contribution in [3.8, 4) is 11.5 Å². The van der Waals surface area contributed by atoms with Crippen LogP contribution in [-0.2, 0) is 0 Å². The van der Waals surface area contributed by atoms with Gasteiger partial charge in [-0.1, -0.05) is 29.8 Å². The Morgan fingerprint density at radius 1 is 1.27 bits per heavy atom. The normalized spacial score (nSPS) is 11.6. The van der Waals surface area contributed by atoms with Gasteiger partial charge in [0.1, 0.15) is 5.75 Å². The van der Waals surface area contributed by atoms with Gasteiger partial charge in [-0.3, -0.25) is 0 Å². The highest BCUT2D eigenvalue weighted by atomic mass is 35.5. The Bertz CT molecular complexity index is 635. The number of halogens is 1. The van der Waals surface area contributed by atoms with Crippen LogP contribution in [0.4, 0.5) is 10.5 Å². The van der Waals surface area contributed by atoms with Crippen LogP contribution in [0.5, 0.6) is 11.5 Å². The van der Waals surface area contributed by atoms with Crippen molar-refractivity contribution in [1.29, 1.82) is 0 Å². The summed E-state index contributed by atoms with van der Waals surface area (Å²) in [5, 5.41) is 14.7. The molecule has 22 heavy (non-hydrogen) atoms. The van der Waals surface area contributed by atoms with E-state index in [1.54, 1.807) is 25.1 Å². The lowest BCUT2D eigenvalue weighted by Gasteiger charge is -2.15. The first kappa shape index (κ1) is 16.1. The minimum Gasteiger partial charge on any atom is -0.455 e. The van der Waals surface area contributed by atoms with Gasteiger partial charge in [-0.15, -0.1) is 0 Å². The van der Waals surface area contributed by atoms with Gasteiger partial charge in [0.2, 0.25) is 0 Å². The molecule has 0 radical (unpaired) electrons. The lowest BCUT2D eigenvalue weighted by atomic mass is 10.3. The molecule has 6 heteroatoms. The summed E-state index contributed by atoms with van der Waals surface area (Å²) in [7, 11) is 0. The lowest BCUT2D eigenvalue weighted by molar-refractivity contribution is 0.229. The van der Waals surface area contributed by atoms with Crippen LogP contribution in [0, 0.1) is 0 Å². The van der Waals surface area contributed by atoms with Crippen molar-refractivity contribution in [3.63, 3.8) is 0 Å². The molecule has 0 aliphatic heterocycles. The zero-order chi connectivity index (χ0) is 15.9. The Kier molecular flexibility index (Phi) is 5.63. The number of para-hydroxylation sites is 1. The van der Waals surface area contributed by atoms with Crippen LogP contribution in [0.25, 0.3) is 0 Å². The van der Waals surface area contributed by atoms with E-state index in [-0.39, 0.29) is 12.6 Å². The van der Waals surface area contributed by atoms with E-state index in [1.165, 1.54) is 0 Å². The SMILES string of the molecule is C[C@@H](CO)NC(=O)Nc1cc(Cl)ccc1Oc1ccccc1. The van der Waals surface area contributed by atoms with Crippen molar-refractivity contribution in [2.24, 2.45) is 0 Å². The Morgan fingerprint density at radius 2 is 2.00 bits per heavy atom. The molecule has 0 saturated carbocycles. The number of amides is 2. The molecule has 0 saturated heterocycles. The molecular formula is C16H17ClN2O3. The molecule has 0 bridgehead atoms. The highest BCUT2D eigenvalue weighted by Gasteiger charge is 2.11. The summed E-state index contributed by atoms with van der Waals surface area (Å²) < 4.78 is 5.75. The Balaban J connectivity index is 2.15. The van der Waals surface area contributed by atoms with Crippen molar-refractivity contribution >= 4 is 23.3 Å². The third kappa shape index (κ3) is 4.65. The van der Waals surface area contributed by atoms with Gasteiger partial charge in [0.15, 0.2) is 5.75 Å². The number of carbonyl (C=O) groups is 1. The first-order valence-electron chi connectivity index (χ1n) is 6.79. The first-order chi connectivity index (χ1) is 10.6. The largest absolute Gasteiger partial charge is 0.455 e. The quantitative estimate of drug-likeness (QED) is 0.787. The monoisotopic (exact) mass is 320 g/mol. The molecule has 0 heterocycles. The van der Waals surface area contributed by atoms with Crippen LogP contribution in [0.15, 0.2) is 48.5 Å². The van der Waals surface area contributed by atoms with E-state index in [1.807, 2.05) is 30.3 Å². The molecule has 0 aliphatic carbocycles. The Labute approximate surface area is 133 Å². The molecule has 2 aromatic rings. The van der Waals surface area contributed by atoms with E-state index in [9.17, 15) is 4.79 Å². The minimum atomic E-state index is -0.443. The fraction of sp³-hybridized carbons (Fsp3) is 0.188. The zero-order valence-corrected chi connectivity index (χ0v) is 12.8. The minimum absolute atomic E-state index is 0.143. The van der Waals surface area contributed by atoms with Crippen LogP contribution in [0.1, 0.15) is 6.92 Å². The molecule has 1 atom stereocenters. The van der Waals surface area contributed by atoms with Crippen LogP contribution in [-0.4, -0.2) is 23.8 Å². The number of rotatable bonds is 5. The van der Waals surface area contributed by atoms with Crippen molar-refractivity contribution in [2.45, 2.75) is 13.0 Å². The number of hydrogen-bond donors (Lipinski definition) is 3. The molecule has 2 aromatic carbocycles. The highest BCUT2D eigenvalue weighted by Crippen LogP contribution is 2.31. The molecule has 2 amide bonds. The number of ether oxygens (including phenoxy) is 1. The van der Waals surface area contributed by atoms with Gasteiger partial charge in [0.05, 0.1) is 18.3 Å². The molecule has 0 aromatic heterocycles. The van der Waals surface area contributed by atoms with E-state index >= 15 is 0 Å². The number of urea groups is 1. The second-order valence-corrected chi connectivity index (χ2v) is 5.17. The van der Waals surface area contributed by atoms with E-state index in [2.05, 4.69) is 10.6 Å². The molecule has 0 unspecified atom stereocenters. The van der Waals surface area contributed by atoms with Crippen molar-refractivity contribution < 1.29 is 14.6 Å². The van der Waals surface area contributed by atoms with Gasteiger partial charge >= 0.3 is 6.03 Å². The summed E-state index contributed by atoms with van der Waals surface area (Å²) in [6.45, 7) is 1.55. The molecule has 5 nitrogen and oxygen atoms in total. The summed E-state index contributed by atoms with van der Waals surface area (Å²) in [4.78, 5) is 11.9. The van der Waals surface area contributed by atoms with Gasteiger partial charge < -0.3 is 20.5 Å². The molecule has 3 N–H and O–H groups in total. The Morgan fingerprint density at radius 3 is 2.68 bits per heavy atom. The summed E-state index contributed by atoms with van der Waals surface area (Å²) >= 11 is 5.97. The number of hydrogen-bond acceptors (Lipinski definition) is 3. The van der Waals surface area contributed by atoms with Crippen LogP contribution in [0.3, 0.4) is 0 Å². The Hall–Kier alpha value is -2.24. The standard InChI is InChI=1S/C16H17ClN2O3/c1-11(10-20)18-16(21)19-14-9-12(17)7-8-15(14)22-13-5-3-2-4-6-13/h2-9,11,20H,10H2,1H3,(H2,18,19,21)/t11-/m0/s1. The maximum atomic E-state index is 11.9. The van der Waals surface area contributed by atoms with E-state index in [0.29, 0.717) is 22.2 Å². The summed E-state index contributed by atoms with van der Waals surface area (Å²) in [5.41, 5.74) is 0.444. The van der Waals surface area contributed by atoms with Crippen LogP contribution < -0.4 is 15.4 Å². The van der Waals surface area contributed by atoms with Gasteiger partial charge in [-0.25, -0.2) is 4.79 Å².